The van der Waals surface area contributed by atoms with Gasteiger partial charge in [0.25, 0.3) is 23.6 Å². The summed E-state index contributed by atoms with van der Waals surface area (Å²) in [6, 6.07) is 25.9. The largest absolute Gasteiger partial charge is 0.439 e. The first-order valence-electron chi connectivity index (χ1n) is 23.8. The molecular formula is C54H41F8IN8O10. The molecule has 18 nitrogen and oxygen atoms in total. The van der Waals surface area contributed by atoms with E-state index < -0.39 is 117 Å². The highest BCUT2D eigenvalue weighted by molar-refractivity contribution is 14.1. The second kappa shape index (κ2) is 24.0. The number of benzene rings is 4. The Kier molecular flexibility index (Phi) is 17.4. The van der Waals surface area contributed by atoms with Gasteiger partial charge in [0.2, 0.25) is 34.3 Å². The summed E-state index contributed by atoms with van der Waals surface area (Å²) in [6.45, 7) is 9.36. The number of alkyl halides is 6. The van der Waals surface area contributed by atoms with Gasteiger partial charge < -0.3 is 27.8 Å². The maximum atomic E-state index is 14.9. The number of aryl methyl sites for hydroxylation is 2. The molecule has 0 N–H and O–H groups in total. The molecule has 4 aromatic carbocycles. The number of hydrogen-bond acceptors (Lipinski definition) is 16. The maximum Gasteiger partial charge on any atom is 0.426 e. The first-order chi connectivity index (χ1) is 38.4. The summed E-state index contributed by atoms with van der Waals surface area (Å²) in [5.74, 6) is -4.94. The highest BCUT2D eigenvalue weighted by Gasteiger charge is 2.62. The van der Waals surface area contributed by atoms with Crippen molar-refractivity contribution in [2.24, 2.45) is 0 Å². The SMILES string of the molecule is C=C1CCC(OCc2ccccc2)(C(F)(F)F)c2nnc(o2)-c2nc(c(C)cc2[N+](=O)[O-])Oc2cc(F)cc1c2.C=CCCC(OCc1ccccc1)(c1nnc(-c2nc(Oc3cc(F)cc(I)c3)c(C)cc2[N+](=O)[O-])o1)C(F)(F)F. The molecule has 81 heavy (non-hydrogen) atoms. The minimum absolute atomic E-state index is 0.0442. The van der Waals surface area contributed by atoms with Crippen LogP contribution < -0.4 is 9.47 Å². The van der Waals surface area contributed by atoms with Gasteiger partial charge in [-0.15, -0.1) is 27.0 Å². The predicted molar refractivity (Wildman–Crippen MR) is 279 cm³/mol. The van der Waals surface area contributed by atoms with Gasteiger partial charge in [-0.1, -0.05) is 73.3 Å². The summed E-state index contributed by atoms with van der Waals surface area (Å²) in [4.78, 5) is 30.3. The van der Waals surface area contributed by atoms with Crippen molar-refractivity contribution < 1.29 is 72.8 Å². The van der Waals surface area contributed by atoms with Crippen LogP contribution in [0.15, 0.2) is 137 Å². The highest BCUT2D eigenvalue weighted by atomic mass is 127. The molecule has 0 aliphatic carbocycles. The van der Waals surface area contributed by atoms with Gasteiger partial charge in [0, 0.05) is 39.0 Å². The number of ether oxygens (including phenoxy) is 4. The van der Waals surface area contributed by atoms with E-state index in [0.717, 1.165) is 30.3 Å². The van der Waals surface area contributed by atoms with E-state index in [-0.39, 0.29) is 58.4 Å². The Morgan fingerprint density at radius 2 is 1.36 bits per heavy atom. The minimum atomic E-state index is -5.09. The number of nitro groups is 2. The van der Waals surface area contributed by atoms with E-state index in [1.54, 1.807) is 60.7 Å². The highest BCUT2D eigenvalue weighted by Crippen LogP contribution is 2.50. The fourth-order valence-electron chi connectivity index (χ4n) is 8.07. The Morgan fingerprint density at radius 1 is 0.753 bits per heavy atom. The Bertz CT molecular complexity index is 3620. The Balaban J connectivity index is 0.000000212. The average molecular weight is 1240 g/mol. The number of allylic oxidation sites excluding steroid dienone is 2. The lowest BCUT2D eigenvalue weighted by Crippen LogP contribution is -2.45. The topological polar surface area (TPSA) is 227 Å². The molecule has 2 unspecified atom stereocenters. The molecule has 8 aromatic rings. The van der Waals surface area contributed by atoms with Crippen molar-refractivity contribution >= 4 is 39.5 Å². The molecule has 2 atom stereocenters. The van der Waals surface area contributed by atoms with Crippen molar-refractivity contribution in [1.29, 1.82) is 0 Å². The zero-order valence-electron chi connectivity index (χ0n) is 42.2. The molecule has 0 saturated carbocycles. The van der Waals surface area contributed by atoms with Crippen molar-refractivity contribution in [3.63, 3.8) is 0 Å². The van der Waals surface area contributed by atoms with Crippen LogP contribution in [0.5, 0.6) is 23.3 Å². The van der Waals surface area contributed by atoms with Crippen LogP contribution in [0.25, 0.3) is 28.7 Å². The third-order valence-electron chi connectivity index (χ3n) is 12.2. The molecule has 1 aliphatic heterocycles. The Morgan fingerprint density at radius 3 is 1.98 bits per heavy atom. The smallest absolute Gasteiger partial charge is 0.426 e. The van der Waals surface area contributed by atoms with Gasteiger partial charge in [-0.05, 0) is 109 Å². The van der Waals surface area contributed by atoms with Gasteiger partial charge in [0.15, 0.2) is 0 Å². The molecule has 0 saturated heterocycles. The van der Waals surface area contributed by atoms with Crippen molar-refractivity contribution in [2.75, 3.05) is 0 Å². The van der Waals surface area contributed by atoms with Crippen LogP contribution in [0, 0.1) is 49.3 Å². The molecule has 27 heteroatoms. The summed E-state index contributed by atoms with van der Waals surface area (Å²) in [6.07, 6.45) is -10.7. The molecule has 0 fully saturated rings. The summed E-state index contributed by atoms with van der Waals surface area (Å²) in [7, 11) is 0. The number of hydrogen-bond donors (Lipinski definition) is 0. The number of pyridine rings is 2. The molecule has 1 aliphatic rings. The van der Waals surface area contributed by atoms with E-state index in [0.29, 0.717) is 14.7 Å². The van der Waals surface area contributed by atoms with Crippen LogP contribution in [0.3, 0.4) is 0 Å². The molecule has 9 rings (SSSR count). The van der Waals surface area contributed by atoms with E-state index in [4.69, 9.17) is 27.8 Å². The minimum Gasteiger partial charge on any atom is -0.439 e. The summed E-state index contributed by atoms with van der Waals surface area (Å²) >= 11 is 1.88. The normalized spacial score (nSPS) is 15.1. The summed E-state index contributed by atoms with van der Waals surface area (Å²) in [5.41, 5.74) is -6.86. The van der Waals surface area contributed by atoms with Gasteiger partial charge in [-0.3, -0.25) is 20.2 Å². The zero-order chi connectivity index (χ0) is 58.4. The Labute approximate surface area is 466 Å². The summed E-state index contributed by atoms with van der Waals surface area (Å²) in [5, 5.41) is 38.2. The van der Waals surface area contributed by atoms with E-state index in [2.05, 4.69) is 43.5 Å². The molecule has 0 amide bonds. The fraction of sp³-hybridized carbons (Fsp3) is 0.222. The lowest BCUT2D eigenvalue weighted by molar-refractivity contribution is -0.384. The molecule has 5 heterocycles. The quantitative estimate of drug-likeness (QED) is 0.0306. The third-order valence-corrected chi connectivity index (χ3v) is 12.9. The number of aromatic nitrogens is 6. The molecule has 420 valence electrons. The standard InChI is InChI=1S/C27H21F4IN4O5.C27H20F4N4O5/c1-3-4-10-26(27(29,30)31,39-15-17-8-6-5-7-9-17)25-35-34-24(41-25)22-21(36(37)38)11-16(2)23(33-22)40-20-13-18(28)12-19(32)14-20;1-15-8-9-26(27(29,30)31,38-14-17-6-4-3-5-7-17)25-34-33-24(40-25)22-21(35(36)37)10-16(2)23(32-22)39-20-12-18(15)11-19(28)13-20/h3,5-9,11-14H,1,4,10,15H2,2H3;3-7,10-13H,1,8-9,14H2,2H3. The van der Waals surface area contributed by atoms with Gasteiger partial charge >= 0.3 is 23.7 Å². The van der Waals surface area contributed by atoms with Crippen LogP contribution in [0.4, 0.5) is 46.5 Å². The van der Waals surface area contributed by atoms with Crippen LogP contribution in [-0.4, -0.2) is 52.6 Å². The van der Waals surface area contributed by atoms with Crippen LogP contribution in [0.1, 0.15) is 65.3 Å². The van der Waals surface area contributed by atoms with E-state index in [9.17, 15) is 55.4 Å². The van der Waals surface area contributed by atoms with Gasteiger partial charge in [0.1, 0.15) is 23.1 Å². The van der Waals surface area contributed by atoms with Crippen LogP contribution in [-0.2, 0) is 33.9 Å². The van der Waals surface area contributed by atoms with Gasteiger partial charge in [-0.2, -0.15) is 26.3 Å². The van der Waals surface area contributed by atoms with Crippen molar-refractivity contribution in [2.45, 2.75) is 76.3 Å². The zero-order valence-corrected chi connectivity index (χ0v) is 44.3. The van der Waals surface area contributed by atoms with Crippen molar-refractivity contribution in [3.05, 3.63) is 203 Å². The Hall–Kier alpha value is -8.57. The number of rotatable bonds is 15. The van der Waals surface area contributed by atoms with Crippen molar-refractivity contribution in [1.82, 2.24) is 30.4 Å². The number of fused-ring (bicyclic) bond motifs is 7. The second-order valence-corrected chi connectivity index (χ2v) is 19.2. The lowest BCUT2D eigenvalue weighted by atomic mass is 9.91. The third kappa shape index (κ3) is 13.1. The van der Waals surface area contributed by atoms with Crippen molar-refractivity contribution in [3.8, 4) is 46.4 Å². The lowest BCUT2D eigenvalue weighted by Gasteiger charge is -2.33. The first-order valence-corrected chi connectivity index (χ1v) is 24.9. The fourth-order valence-corrected chi connectivity index (χ4v) is 8.68. The van der Waals surface area contributed by atoms with Crippen LogP contribution >= 0.6 is 22.6 Å². The van der Waals surface area contributed by atoms with E-state index >= 15 is 0 Å². The summed E-state index contributed by atoms with van der Waals surface area (Å²) < 4.78 is 151. The van der Waals surface area contributed by atoms with Crippen LogP contribution in [0.2, 0.25) is 0 Å². The number of nitrogens with zero attached hydrogens (tertiary/aromatic N) is 8. The van der Waals surface area contributed by atoms with Gasteiger partial charge in [-0.25, -0.2) is 18.7 Å². The van der Waals surface area contributed by atoms with E-state index in [1.807, 2.05) is 22.6 Å². The predicted octanol–water partition coefficient (Wildman–Crippen LogP) is 14.9. The average Bonchev–Trinajstić information content (AvgIpc) is 4.13. The van der Waals surface area contributed by atoms with E-state index in [1.165, 1.54) is 38.1 Å². The monoisotopic (exact) mass is 1240 g/mol. The van der Waals surface area contributed by atoms with Gasteiger partial charge in [0.05, 0.1) is 23.1 Å². The molecule has 6 bridgehead atoms. The second-order valence-electron chi connectivity index (χ2n) is 17.9. The first kappa shape index (κ1) is 58.6. The molecule has 0 spiro atoms. The molecular weight excluding hydrogens is 1200 g/mol. The number of halogens is 9. The maximum absolute atomic E-state index is 14.9. The molecule has 0 radical (unpaired) electrons. The molecule has 4 aromatic heterocycles.